The molecule has 0 amide bonds. The van der Waals surface area contributed by atoms with Crippen molar-refractivity contribution in [1.82, 2.24) is 14.7 Å². The van der Waals surface area contributed by atoms with E-state index in [2.05, 4.69) is 30.7 Å². The fraction of sp³-hybridized carbons (Fsp3) is 0.941. The van der Waals surface area contributed by atoms with Crippen molar-refractivity contribution in [2.75, 3.05) is 54.5 Å². The minimum absolute atomic E-state index is 0.0412. The Hall–Kier alpha value is -1.14. The molecule has 0 radical (unpaired) electrons. The molecule has 0 bridgehead atoms. The Morgan fingerprint density at radius 3 is 2.39 bits per heavy atom. The Bertz CT molecular complexity index is 948. The quantitative estimate of drug-likeness (QED) is 0.318. The molecule has 44 heavy (non-hydrogen) atoms. The third-order valence-corrected chi connectivity index (χ3v) is 10.7. The van der Waals surface area contributed by atoms with Gasteiger partial charge in [-0.1, -0.05) is 13.8 Å². The molecule has 0 saturated carbocycles. The standard InChI is InChI=1S/C34H63N3O7/c1-22-19-34(7,41-11)30(44-31-28(38)27(35(8)9)18-24(3)43-31)25(4)29(39)33(5,6)32(40)42-21-26(36(10)20-22)15-13-17-37-16-12-14-23(37)2/h22-28,30-31,38H,12-21H2,1-11H3/t22-,23?,24-,25+,26+,27+,28-,30-,31+,34-/m1/s1. The topological polar surface area (TPSA) is 101 Å². The highest BCUT2D eigenvalue weighted by atomic mass is 16.7. The fourth-order valence-electron chi connectivity index (χ4n) is 7.75. The van der Waals surface area contributed by atoms with E-state index in [1.807, 2.05) is 32.8 Å². The van der Waals surface area contributed by atoms with Gasteiger partial charge in [-0.25, -0.2) is 0 Å². The molecule has 3 saturated heterocycles. The average Bonchev–Trinajstić information content (AvgIpc) is 3.37. The SMILES string of the molecule is CO[C@]1(C)C[C@@H](C)CN(C)[C@@H](CCCN2CCCC2C)COC(=O)C(C)(C)C(=O)[C@H](C)[C@H]1O[C@@H]1O[C@H](C)C[C@H](N(C)C)[C@H]1O. The van der Waals surface area contributed by atoms with Gasteiger partial charge >= 0.3 is 5.97 Å². The number of Topliss-reactive ketones (excluding diaryl/α,β-unsaturated/α-hetero) is 1. The number of aliphatic hydroxyl groups is 1. The minimum atomic E-state index is -1.39. The highest BCUT2D eigenvalue weighted by molar-refractivity contribution is 6.04. The van der Waals surface area contributed by atoms with Crippen molar-refractivity contribution in [3.05, 3.63) is 0 Å². The maximum atomic E-state index is 14.2. The molecule has 256 valence electrons. The van der Waals surface area contributed by atoms with Gasteiger partial charge in [-0.2, -0.15) is 0 Å². The van der Waals surface area contributed by atoms with E-state index in [4.69, 9.17) is 18.9 Å². The number of likely N-dealkylation sites (N-methyl/N-ethyl adjacent to an activating group) is 2. The molecule has 10 nitrogen and oxygen atoms in total. The molecule has 3 aliphatic heterocycles. The number of likely N-dealkylation sites (tertiary alicyclic amines) is 1. The van der Waals surface area contributed by atoms with Gasteiger partial charge in [0.25, 0.3) is 0 Å². The van der Waals surface area contributed by atoms with E-state index >= 15 is 0 Å². The van der Waals surface area contributed by atoms with Gasteiger partial charge in [-0.3, -0.25) is 14.5 Å². The normalized spacial score (nSPS) is 40.3. The number of aliphatic hydroxyl groups excluding tert-OH is 1. The molecule has 1 N–H and O–H groups in total. The van der Waals surface area contributed by atoms with Crippen molar-refractivity contribution in [3.63, 3.8) is 0 Å². The predicted molar refractivity (Wildman–Crippen MR) is 171 cm³/mol. The Morgan fingerprint density at radius 2 is 1.80 bits per heavy atom. The molecule has 0 aromatic carbocycles. The van der Waals surface area contributed by atoms with Crippen LogP contribution in [0.4, 0.5) is 0 Å². The van der Waals surface area contributed by atoms with Crippen LogP contribution in [0.2, 0.25) is 0 Å². The van der Waals surface area contributed by atoms with Gasteiger partial charge in [0.1, 0.15) is 18.1 Å². The predicted octanol–water partition coefficient (Wildman–Crippen LogP) is 3.58. The average molecular weight is 626 g/mol. The van der Waals surface area contributed by atoms with Gasteiger partial charge in [0.05, 0.1) is 17.8 Å². The first-order valence-electron chi connectivity index (χ1n) is 16.9. The van der Waals surface area contributed by atoms with Crippen LogP contribution in [0.1, 0.15) is 87.0 Å². The van der Waals surface area contributed by atoms with Crippen LogP contribution in [0.25, 0.3) is 0 Å². The van der Waals surface area contributed by atoms with Crippen LogP contribution in [-0.2, 0) is 28.5 Å². The van der Waals surface area contributed by atoms with Gasteiger partial charge in [-0.05, 0) is 113 Å². The summed E-state index contributed by atoms with van der Waals surface area (Å²) in [5.74, 6) is -1.37. The first kappa shape index (κ1) is 37.3. The summed E-state index contributed by atoms with van der Waals surface area (Å²) in [5, 5.41) is 11.3. The highest BCUT2D eigenvalue weighted by Crippen LogP contribution is 2.38. The lowest BCUT2D eigenvalue weighted by molar-refractivity contribution is -0.295. The van der Waals surface area contributed by atoms with Crippen molar-refractivity contribution >= 4 is 11.8 Å². The van der Waals surface area contributed by atoms with Crippen molar-refractivity contribution in [2.45, 2.75) is 135 Å². The van der Waals surface area contributed by atoms with Gasteiger partial charge in [-0.15, -0.1) is 0 Å². The number of hydrogen-bond donors (Lipinski definition) is 1. The minimum Gasteiger partial charge on any atom is -0.463 e. The molecular formula is C34H63N3O7. The summed E-state index contributed by atoms with van der Waals surface area (Å²) < 4.78 is 24.9. The Balaban J connectivity index is 1.89. The summed E-state index contributed by atoms with van der Waals surface area (Å²) in [6.45, 7) is 16.7. The lowest BCUT2D eigenvalue weighted by atomic mass is 9.74. The molecule has 3 aliphatic rings. The smallest absolute Gasteiger partial charge is 0.319 e. The molecule has 0 aromatic rings. The lowest BCUT2D eigenvalue weighted by Gasteiger charge is -2.47. The Labute approximate surface area is 267 Å². The number of carbonyl (C=O) groups is 2. The van der Waals surface area contributed by atoms with Gasteiger partial charge < -0.3 is 33.9 Å². The lowest BCUT2D eigenvalue weighted by Crippen LogP contribution is -2.59. The van der Waals surface area contributed by atoms with Crippen LogP contribution in [0.5, 0.6) is 0 Å². The maximum Gasteiger partial charge on any atom is 0.319 e. The largest absolute Gasteiger partial charge is 0.463 e. The molecule has 1 unspecified atom stereocenters. The van der Waals surface area contributed by atoms with Crippen LogP contribution < -0.4 is 0 Å². The van der Waals surface area contributed by atoms with Gasteiger partial charge in [0.15, 0.2) is 12.1 Å². The molecular weight excluding hydrogens is 562 g/mol. The van der Waals surface area contributed by atoms with E-state index < -0.39 is 41.4 Å². The van der Waals surface area contributed by atoms with Gasteiger partial charge in [0, 0.05) is 37.7 Å². The van der Waals surface area contributed by atoms with Crippen molar-refractivity contribution in [1.29, 1.82) is 0 Å². The van der Waals surface area contributed by atoms with Crippen molar-refractivity contribution in [3.8, 4) is 0 Å². The van der Waals surface area contributed by atoms with E-state index in [-0.39, 0.29) is 36.5 Å². The number of methoxy groups -OCH3 is 1. The van der Waals surface area contributed by atoms with Crippen LogP contribution in [0.3, 0.4) is 0 Å². The summed E-state index contributed by atoms with van der Waals surface area (Å²) in [6.07, 6.45) is 2.91. The van der Waals surface area contributed by atoms with Crippen LogP contribution >= 0.6 is 0 Å². The number of carbonyl (C=O) groups excluding carboxylic acids is 2. The number of esters is 1. The third-order valence-electron chi connectivity index (χ3n) is 10.7. The fourth-order valence-corrected chi connectivity index (χ4v) is 7.75. The second kappa shape index (κ2) is 15.6. The zero-order chi connectivity index (χ0) is 33.0. The third kappa shape index (κ3) is 8.81. The second-order valence-electron chi connectivity index (χ2n) is 15.1. The number of cyclic esters (lactones) is 1. The van der Waals surface area contributed by atoms with Gasteiger partial charge in [0.2, 0.25) is 0 Å². The van der Waals surface area contributed by atoms with E-state index in [1.165, 1.54) is 12.8 Å². The number of hydrogen-bond acceptors (Lipinski definition) is 10. The molecule has 10 heteroatoms. The summed E-state index contributed by atoms with van der Waals surface area (Å²) in [4.78, 5) is 34.6. The van der Waals surface area contributed by atoms with E-state index in [0.29, 0.717) is 18.9 Å². The first-order valence-corrected chi connectivity index (χ1v) is 16.9. The van der Waals surface area contributed by atoms with Crippen LogP contribution in [-0.4, -0.2) is 134 Å². The van der Waals surface area contributed by atoms with Crippen LogP contribution in [0, 0.1) is 17.3 Å². The second-order valence-corrected chi connectivity index (χ2v) is 15.1. The summed E-state index contributed by atoms with van der Waals surface area (Å²) >= 11 is 0. The molecule has 10 atom stereocenters. The monoisotopic (exact) mass is 625 g/mol. The number of ether oxygens (including phenoxy) is 4. The molecule has 3 fully saturated rings. The molecule has 3 rings (SSSR count). The summed E-state index contributed by atoms with van der Waals surface area (Å²) in [7, 11) is 7.60. The van der Waals surface area contributed by atoms with E-state index in [9.17, 15) is 14.7 Å². The molecule has 0 spiro atoms. The van der Waals surface area contributed by atoms with Crippen molar-refractivity contribution in [2.24, 2.45) is 17.3 Å². The molecule has 0 aliphatic carbocycles. The number of rotatable bonds is 8. The molecule has 3 heterocycles. The van der Waals surface area contributed by atoms with Crippen molar-refractivity contribution < 1.29 is 33.6 Å². The maximum absolute atomic E-state index is 14.2. The van der Waals surface area contributed by atoms with E-state index in [0.717, 1.165) is 32.5 Å². The Morgan fingerprint density at radius 1 is 1.11 bits per heavy atom. The number of nitrogens with zero attached hydrogens (tertiary/aromatic N) is 3. The highest BCUT2D eigenvalue weighted by Gasteiger charge is 2.51. The first-order chi connectivity index (χ1) is 20.5. The Kier molecular flexibility index (Phi) is 13.3. The van der Waals surface area contributed by atoms with Crippen LogP contribution in [0.15, 0.2) is 0 Å². The zero-order valence-corrected chi connectivity index (χ0v) is 29.5. The van der Waals surface area contributed by atoms with E-state index in [1.54, 1.807) is 27.9 Å². The zero-order valence-electron chi connectivity index (χ0n) is 29.5. The number of ketones is 1. The molecule has 0 aromatic heterocycles. The summed E-state index contributed by atoms with van der Waals surface area (Å²) in [5.41, 5.74) is -2.29. The summed E-state index contributed by atoms with van der Waals surface area (Å²) in [6, 6.07) is 0.501.